The minimum absolute atomic E-state index is 0.146. The van der Waals surface area contributed by atoms with E-state index >= 15 is 0 Å². The fourth-order valence-electron chi connectivity index (χ4n) is 3.44. The number of alkyl halides is 1. The van der Waals surface area contributed by atoms with Gasteiger partial charge in [0.2, 0.25) is 0 Å². The lowest BCUT2D eigenvalue weighted by Crippen LogP contribution is -2.33. The average Bonchev–Trinajstić information content (AvgIpc) is 3.29. The molecular weight excluding hydrogens is 543 g/mol. The summed E-state index contributed by atoms with van der Waals surface area (Å²) in [5, 5.41) is 19.8. The molecule has 174 valence electrons. The van der Waals surface area contributed by atoms with Gasteiger partial charge in [0, 0.05) is 18.5 Å². The molecule has 0 saturated carbocycles. The number of benzene rings is 2. The maximum Gasteiger partial charge on any atom is 0.132 e. The summed E-state index contributed by atoms with van der Waals surface area (Å²) in [4.78, 5) is 6.15. The number of aliphatic hydroxyl groups excluding tert-OH is 2. The summed E-state index contributed by atoms with van der Waals surface area (Å²) in [6.07, 6.45) is 0.534. The molecule has 1 aliphatic rings. The molecule has 0 aliphatic carbocycles. The Morgan fingerprint density at radius 1 is 1.06 bits per heavy atom. The number of rotatable bonds is 11. The Kier molecular flexibility index (Phi) is 9.04. The van der Waals surface area contributed by atoms with Gasteiger partial charge in [-0.2, -0.15) is 0 Å². The molecule has 0 fully saturated rings. The van der Waals surface area contributed by atoms with Crippen molar-refractivity contribution in [3.05, 3.63) is 57.2 Å². The zero-order chi connectivity index (χ0) is 23.1. The molecule has 2 N–H and O–H groups in total. The first-order valence-electron chi connectivity index (χ1n) is 10.6. The molecule has 6 nitrogen and oxygen atoms in total. The van der Waals surface area contributed by atoms with Crippen LogP contribution in [0.5, 0.6) is 11.5 Å². The molecule has 0 saturated heterocycles. The lowest BCUT2D eigenvalue weighted by molar-refractivity contribution is 0.0898. The van der Waals surface area contributed by atoms with Crippen LogP contribution < -0.4 is 9.47 Å². The summed E-state index contributed by atoms with van der Waals surface area (Å²) in [5.41, 5.74) is 2.09. The third-order valence-corrected chi connectivity index (χ3v) is 6.69. The third-order valence-electron chi connectivity index (χ3n) is 5.49. The van der Waals surface area contributed by atoms with Gasteiger partial charge in [-0.1, -0.05) is 32.0 Å². The largest absolute Gasteiger partial charge is 0.491 e. The second-order valence-corrected chi connectivity index (χ2v) is 9.87. The zero-order valence-electron chi connectivity index (χ0n) is 18.4. The molecule has 1 heterocycles. The summed E-state index contributed by atoms with van der Waals surface area (Å²) < 4.78 is 12.4. The number of nitrogens with zero attached hydrogens (tertiary/aromatic N) is 2. The summed E-state index contributed by atoms with van der Waals surface area (Å²) in [5.74, 6) is 1.61. The van der Waals surface area contributed by atoms with E-state index in [9.17, 15) is 10.2 Å². The van der Waals surface area contributed by atoms with Crippen molar-refractivity contribution in [1.29, 1.82) is 0 Å². The summed E-state index contributed by atoms with van der Waals surface area (Å²) in [6.45, 7) is 6.92. The topological polar surface area (TPSA) is 74.5 Å². The van der Waals surface area contributed by atoms with Crippen LogP contribution in [-0.4, -0.2) is 72.4 Å². The second kappa shape index (κ2) is 11.5. The van der Waals surface area contributed by atoms with Gasteiger partial charge < -0.3 is 24.6 Å². The number of β-amino-alcohol motifs (C(OH)–C–C–N with tert-alkyl or cyclic N) is 1. The normalized spacial score (nSPS) is 15.6. The van der Waals surface area contributed by atoms with Crippen molar-refractivity contribution >= 4 is 40.5 Å². The maximum absolute atomic E-state index is 10.2. The lowest BCUT2D eigenvalue weighted by atomic mass is 9.78. The van der Waals surface area contributed by atoms with Crippen LogP contribution in [0.25, 0.3) is 0 Å². The molecule has 3 rings (SSSR count). The van der Waals surface area contributed by atoms with Crippen LogP contribution in [0, 0.1) is 3.57 Å². The van der Waals surface area contributed by atoms with Crippen molar-refractivity contribution in [1.82, 2.24) is 4.90 Å². The summed E-state index contributed by atoms with van der Waals surface area (Å²) in [6, 6.07) is 14.1. The molecule has 2 aromatic rings. The molecule has 0 radical (unpaired) electrons. The number of aliphatic imine (C=N–C) groups is 1. The van der Waals surface area contributed by atoms with Crippen LogP contribution >= 0.6 is 34.2 Å². The predicted octanol–water partition coefficient (Wildman–Crippen LogP) is 3.68. The highest BCUT2D eigenvalue weighted by atomic mass is 127. The average molecular weight is 573 g/mol. The molecule has 0 aromatic heterocycles. The van der Waals surface area contributed by atoms with Gasteiger partial charge in [-0.3, -0.25) is 4.99 Å². The quantitative estimate of drug-likeness (QED) is 0.318. The van der Waals surface area contributed by atoms with Gasteiger partial charge in [-0.25, -0.2) is 0 Å². The molecule has 0 bridgehead atoms. The monoisotopic (exact) mass is 572 g/mol. The van der Waals surface area contributed by atoms with E-state index in [1.807, 2.05) is 29.2 Å². The minimum Gasteiger partial charge on any atom is -0.491 e. The number of hydrogen-bond acceptors (Lipinski definition) is 6. The number of hydrogen-bond donors (Lipinski definition) is 2. The van der Waals surface area contributed by atoms with E-state index in [0.717, 1.165) is 39.3 Å². The lowest BCUT2D eigenvalue weighted by Gasteiger charge is -2.27. The molecule has 32 heavy (non-hydrogen) atoms. The number of ether oxygens (including phenoxy) is 2. The van der Waals surface area contributed by atoms with Crippen LogP contribution in [0.2, 0.25) is 0 Å². The minimum atomic E-state index is -0.681. The Bertz CT molecular complexity index is 907. The van der Waals surface area contributed by atoms with E-state index < -0.39 is 12.2 Å². The van der Waals surface area contributed by atoms with Crippen molar-refractivity contribution < 1.29 is 19.7 Å². The van der Waals surface area contributed by atoms with Crippen molar-refractivity contribution in [2.24, 2.45) is 4.99 Å². The van der Waals surface area contributed by atoms with Gasteiger partial charge in [0.05, 0.1) is 22.3 Å². The number of halogens is 2. The SMILES string of the molecule is CC(C)(c1ccc(OC[C@@H](O)CN2C=NCC2)cc1)c1ccc(OC[C@@H](O)CCl)c(I)c1. The highest BCUT2D eigenvalue weighted by Crippen LogP contribution is 2.35. The first kappa shape index (κ1) is 25.1. The number of aliphatic hydroxyl groups is 2. The van der Waals surface area contributed by atoms with Gasteiger partial charge in [-0.15, -0.1) is 11.6 Å². The van der Waals surface area contributed by atoms with Crippen LogP contribution in [0.3, 0.4) is 0 Å². The van der Waals surface area contributed by atoms with Crippen LogP contribution in [0.15, 0.2) is 47.5 Å². The molecule has 1 aliphatic heterocycles. The van der Waals surface area contributed by atoms with E-state index in [1.54, 1.807) is 6.34 Å². The van der Waals surface area contributed by atoms with Crippen molar-refractivity contribution in [3.8, 4) is 11.5 Å². The van der Waals surface area contributed by atoms with Crippen molar-refractivity contribution in [2.45, 2.75) is 31.5 Å². The molecule has 2 aromatic carbocycles. The Hall–Kier alpha value is -1.55. The highest BCUT2D eigenvalue weighted by molar-refractivity contribution is 14.1. The fourth-order valence-corrected chi connectivity index (χ4v) is 4.20. The van der Waals surface area contributed by atoms with Gasteiger partial charge in [0.15, 0.2) is 0 Å². The first-order chi connectivity index (χ1) is 15.3. The Morgan fingerprint density at radius 3 is 2.38 bits per heavy atom. The van der Waals surface area contributed by atoms with Crippen LogP contribution in [-0.2, 0) is 5.41 Å². The predicted molar refractivity (Wildman–Crippen MR) is 136 cm³/mol. The van der Waals surface area contributed by atoms with E-state index in [4.69, 9.17) is 21.1 Å². The Morgan fingerprint density at radius 2 is 1.75 bits per heavy atom. The summed E-state index contributed by atoms with van der Waals surface area (Å²) in [7, 11) is 0. The second-order valence-electron chi connectivity index (χ2n) is 8.40. The highest BCUT2D eigenvalue weighted by Gasteiger charge is 2.24. The Balaban J connectivity index is 1.60. The van der Waals surface area contributed by atoms with Gasteiger partial charge >= 0.3 is 0 Å². The van der Waals surface area contributed by atoms with Crippen molar-refractivity contribution in [2.75, 3.05) is 38.7 Å². The van der Waals surface area contributed by atoms with E-state index in [0.29, 0.717) is 6.54 Å². The van der Waals surface area contributed by atoms with Crippen LogP contribution in [0.1, 0.15) is 25.0 Å². The van der Waals surface area contributed by atoms with Crippen molar-refractivity contribution in [3.63, 3.8) is 0 Å². The zero-order valence-corrected chi connectivity index (χ0v) is 21.3. The standard InChI is InChI=1S/C24H30ClIN2O4/c1-24(2,18-5-8-23(22(26)11-18)32-14-19(29)12-25)17-3-6-21(7-4-17)31-15-20(30)13-28-10-9-27-16-28/h3-8,11,16,19-20,29-30H,9-10,12-15H2,1-2H3/t19-,20-/m0/s1. The smallest absolute Gasteiger partial charge is 0.132 e. The fraction of sp³-hybridized carbons (Fsp3) is 0.458. The first-order valence-corrected chi connectivity index (χ1v) is 12.2. The maximum atomic E-state index is 10.2. The molecule has 0 spiro atoms. The van der Waals surface area contributed by atoms with Gasteiger partial charge in [-0.05, 0) is 58.0 Å². The molecular formula is C24H30ClIN2O4. The van der Waals surface area contributed by atoms with Gasteiger partial charge in [0.25, 0.3) is 0 Å². The Labute approximate surface area is 208 Å². The molecule has 0 unspecified atom stereocenters. The van der Waals surface area contributed by atoms with Crippen LogP contribution in [0.4, 0.5) is 0 Å². The van der Waals surface area contributed by atoms with Gasteiger partial charge in [0.1, 0.15) is 36.9 Å². The molecule has 2 atom stereocenters. The van der Waals surface area contributed by atoms with E-state index in [1.165, 1.54) is 0 Å². The molecule has 8 heteroatoms. The molecule has 0 amide bonds. The van der Waals surface area contributed by atoms with E-state index in [2.05, 4.69) is 59.6 Å². The third kappa shape index (κ3) is 6.73. The van der Waals surface area contributed by atoms with E-state index in [-0.39, 0.29) is 24.5 Å². The summed E-state index contributed by atoms with van der Waals surface area (Å²) >= 11 is 7.88.